The van der Waals surface area contributed by atoms with Gasteiger partial charge in [0, 0.05) is 31.8 Å². The predicted molar refractivity (Wildman–Crippen MR) is 102 cm³/mol. The van der Waals surface area contributed by atoms with Crippen LogP contribution in [0, 0.1) is 5.92 Å². The van der Waals surface area contributed by atoms with Gasteiger partial charge in [0.25, 0.3) is 0 Å². The third kappa shape index (κ3) is 5.71. The lowest BCUT2D eigenvalue weighted by Crippen LogP contribution is -2.39. The number of likely N-dealkylation sites (N-methyl/N-ethyl adjacent to an activating group) is 1. The van der Waals surface area contributed by atoms with E-state index in [4.69, 9.17) is 4.42 Å². The maximum Gasteiger partial charge on any atom is 0.246 e. The molecule has 25 heavy (non-hydrogen) atoms. The summed E-state index contributed by atoms with van der Waals surface area (Å²) in [4.78, 5) is 21.2. The van der Waals surface area contributed by atoms with Gasteiger partial charge < -0.3 is 14.2 Å². The smallest absolute Gasteiger partial charge is 0.246 e. The third-order valence-electron chi connectivity index (χ3n) is 4.16. The van der Waals surface area contributed by atoms with Gasteiger partial charge in [0.1, 0.15) is 5.52 Å². The Morgan fingerprint density at radius 1 is 1.20 bits per heavy atom. The molecule has 0 saturated carbocycles. The second kappa shape index (κ2) is 9.37. The number of hydrogen-bond donors (Lipinski definition) is 0. The minimum absolute atomic E-state index is 0.00288. The van der Waals surface area contributed by atoms with E-state index in [0.717, 1.165) is 43.8 Å². The molecule has 5 nitrogen and oxygen atoms in total. The first-order chi connectivity index (χ1) is 12.0. The number of rotatable bonds is 9. The summed E-state index contributed by atoms with van der Waals surface area (Å²) in [5, 5.41) is 0. The van der Waals surface area contributed by atoms with Crippen molar-refractivity contribution < 1.29 is 9.21 Å². The summed E-state index contributed by atoms with van der Waals surface area (Å²) in [5.74, 6) is 0.893. The maximum absolute atomic E-state index is 12.6. The largest absolute Gasteiger partial charge is 0.437 e. The minimum Gasteiger partial charge on any atom is -0.437 e. The van der Waals surface area contributed by atoms with Gasteiger partial charge in [0.05, 0.1) is 0 Å². The van der Waals surface area contributed by atoms with Crippen LogP contribution in [0.3, 0.4) is 0 Å². The van der Waals surface area contributed by atoms with E-state index < -0.39 is 0 Å². The van der Waals surface area contributed by atoms with Gasteiger partial charge in [0.15, 0.2) is 5.58 Å². The number of nitrogens with zero attached hydrogens (tertiary/aromatic N) is 3. The summed E-state index contributed by atoms with van der Waals surface area (Å²) in [6, 6.07) is 7.59. The molecule has 0 radical (unpaired) electrons. The van der Waals surface area contributed by atoms with Crippen molar-refractivity contribution in [3.8, 4) is 0 Å². The number of fused-ring (bicyclic) bond motifs is 1. The highest BCUT2D eigenvalue weighted by atomic mass is 16.3. The fourth-order valence-electron chi connectivity index (χ4n) is 2.74. The number of carbonyl (C=O) groups excluding carboxylic acids is 1. The molecule has 5 heteroatoms. The number of para-hydroxylation sites is 2. The SMILES string of the molecule is CCN(CC)CCN(CC(C)C)C(=O)C=Cc1nc2ccccc2o1. The molecule has 0 N–H and O–H groups in total. The first kappa shape index (κ1) is 19.2. The zero-order valence-corrected chi connectivity index (χ0v) is 15.7. The zero-order chi connectivity index (χ0) is 18.2. The monoisotopic (exact) mass is 343 g/mol. The summed E-state index contributed by atoms with van der Waals surface area (Å²) >= 11 is 0. The molecular weight excluding hydrogens is 314 g/mol. The summed E-state index contributed by atoms with van der Waals surface area (Å²) < 4.78 is 5.64. The Labute approximate surface area is 150 Å². The lowest BCUT2D eigenvalue weighted by Gasteiger charge is -2.27. The standard InChI is InChI=1S/C20H29N3O2/c1-5-22(6-2)13-14-23(15-16(3)4)20(24)12-11-19-21-17-9-7-8-10-18(17)25-19/h7-12,16H,5-6,13-15H2,1-4H3. The normalized spacial score (nSPS) is 11.9. The van der Waals surface area contributed by atoms with Gasteiger partial charge in [-0.15, -0.1) is 0 Å². The molecule has 2 aromatic rings. The molecule has 1 aromatic heterocycles. The van der Waals surface area contributed by atoms with Crippen LogP contribution < -0.4 is 0 Å². The fraction of sp³-hybridized carbons (Fsp3) is 0.500. The molecule has 0 aliphatic carbocycles. The highest BCUT2D eigenvalue weighted by Crippen LogP contribution is 2.15. The molecule has 0 spiro atoms. The average Bonchev–Trinajstić information content (AvgIpc) is 3.02. The Bertz CT molecular complexity index is 669. The number of hydrogen-bond acceptors (Lipinski definition) is 4. The van der Waals surface area contributed by atoms with Crippen molar-refractivity contribution in [1.82, 2.24) is 14.8 Å². The quantitative estimate of drug-likeness (QED) is 0.652. The van der Waals surface area contributed by atoms with Crippen LogP contribution >= 0.6 is 0 Å². The van der Waals surface area contributed by atoms with Crippen LogP contribution in [0.1, 0.15) is 33.6 Å². The molecule has 0 aliphatic heterocycles. The Morgan fingerprint density at radius 3 is 2.56 bits per heavy atom. The molecule has 0 atom stereocenters. The van der Waals surface area contributed by atoms with Crippen LogP contribution in [-0.4, -0.2) is 53.4 Å². The molecule has 0 aliphatic rings. The molecular formula is C20H29N3O2. The van der Waals surface area contributed by atoms with E-state index in [1.54, 1.807) is 12.2 Å². The molecule has 0 bridgehead atoms. The average molecular weight is 343 g/mol. The first-order valence-corrected chi connectivity index (χ1v) is 9.08. The molecule has 1 aromatic carbocycles. The number of oxazole rings is 1. The summed E-state index contributed by atoms with van der Waals surface area (Å²) in [6.45, 7) is 12.9. The van der Waals surface area contributed by atoms with Crippen molar-refractivity contribution in [2.24, 2.45) is 5.92 Å². The summed E-state index contributed by atoms with van der Waals surface area (Å²) in [7, 11) is 0. The Balaban J connectivity index is 2.04. The maximum atomic E-state index is 12.6. The predicted octanol–water partition coefficient (Wildman–Crippen LogP) is 3.67. The van der Waals surface area contributed by atoms with Crippen molar-refractivity contribution in [2.75, 3.05) is 32.7 Å². The lowest BCUT2D eigenvalue weighted by atomic mass is 10.2. The van der Waals surface area contributed by atoms with Crippen molar-refractivity contribution in [3.05, 3.63) is 36.2 Å². The lowest BCUT2D eigenvalue weighted by molar-refractivity contribution is -0.126. The molecule has 2 rings (SSSR count). The van der Waals surface area contributed by atoms with E-state index in [1.807, 2.05) is 29.2 Å². The molecule has 1 amide bonds. The van der Waals surface area contributed by atoms with E-state index in [9.17, 15) is 4.79 Å². The van der Waals surface area contributed by atoms with Crippen LogP contribution in [0.4, 0.5) is 0 Å². The third-order valence-corrected chi connectivity index (χ3v) is 4.16. The summed E-state index contributed by atoms with van der Waals surface area (Å²) in [6.07, 6.45) is 3.22. The van der Waals surface area contributed by atoms with Gasteiger partial charge in [-0.2, -0.15) is 0 Å². The van der Waals surface area contributed by atoms with E-state index in [0.29, 0.717) is 11.8 Å². The highest BCUT2D eigenvalue weighted by molar-refractivity contribution is 5.91. The topological polar surface area (TPSA) is 49.6 Å². The Kier molecular flexibility index (Phi) is 7.19. The van der Waals surface area contributed by atoms with Gasteiger partial charge in [0.2, 0.25) is 11.8 Å². The molecule has 1 heterocycles. The number of aromatic nitrogens is 1. The van der Waals surface area contributed by atoms with Crippen LogP contribution in [0.5, 0.6) is 0 Å². The van der Waals surface area contributed by atoms with Crippen molar-refractivity contribution in [2.45, 2.75) is 27.7 Å². The number of carbonyl (C=O) groups is 1. The van der Waals surface area contributed by atoms with Crippen LogP contribution in [0.2, 0.25) is 0 Å². The van der Waals surface area contributed by atoms with Crippen LogP contribution in [-0.2, 0) is 4.79 Å². The van der Waals surface area contributed by atoms with Crippen molar-refractivity contribution >= 4 is 23.1 Å². The Morgan fingerprint density at radius 2 is 1.92 bits per heavy atom. The zero-order valence-electron chi connectivity index (χ0n) is 15.7. The second-order valence-electron chi connectivity index (χ2n) is 6.56. The van der Waals surface area contributed by atoms with Gasteiger partial charge in [-0.05, 0) is 31.1 Å². The van der Waals surface area contributed by atoms with E-state index in [-0.39, 0.29) is 5.91 Å². The summed E-state index contributed by atoms with van der Waals surface area (Å²) in [5.41, 5.74) is 1.53. The van der Waals surface area contributed by atoms with Crippen LogP contribution in [0.25, 0.3) is 17.2 Å². The van der Waals surface area contributed by atoms with Gasteiger partial charge in [-0.1, -0.05) is 39.8 Å². The van der Waals surface area contributed by atoms with Gasteiger partial charge in [-0.25, -0.2) is 4.98 Å². The fourth-order valence-corrected chi connectivity index (χ4v) is 2.74. The van der Waals surface area contributed by atoms with E-state index in [1.165, 1.54) is 0 Å². The van der Waals surface area contributed by atoms with E-state index >= 15 is 0 Å². The highest BCUT2D eigenvalue weighted by Gasteiger charge is 2.14. The molecule has 0 saturated heterocycles. The minimum atomic E-state index is 0.00288. The van der Waals surface area contributed by atoms with Crippen molar-refractivity contribution in [3.63, 3.8) is 0 Å². The number of benzene rings is 1. The second-order valence-corrected chi connectivity index (χ2v) is 6.56. The molecule has 0 fully saturated rings. The first-order valence-electron chi connectivity index (χ1n) is 9.08. The van der Waals surface area contributed by atoms with Gasteiger partial charge in [-0.3, -0.25) is 4.79 Å². The van der Waals surface area contributed by atoms with E-state index in [2.05, 4.69) is 37.6 Å². The van der Waals surface area contributed by atoms with Crippen LogP contribution in [0.15, 0.2) is 34.8 Å². The van der Waals surface area contributed by atoms with Crippen molar-refractivity contribution in [1.29, 1.82) is 0 Å². The van der Waals surface area contributed by atoms with Gasteiger partial charge >= 0.3 is 0 Å². The number of amides is 1. The Hall–Kier alpha value is -2.14. The molecule has 0 unspecified atom stereocenters. The molecule has 136 valence electrons.